The lowest BCUT2D eigenvalue weighted by Crippen LogP contribution is -2.28. The average molecular weight is 650 g/mol. The van der Waals surface area contributed by atoms with Crippen LogP contribution in [0.25, 0.3) is 11.3 Å². The normalized spacial score (nSPS) is 11.8. The summed E-state index contributed by atoms with van der Waals surface area (Å²) in [6.45, 7) is 1.28. The molecule has 0 radical (unpaired) electrons. The minimum Gasteiger partial charge on any atom is -0.462 e. The average Bonchev–Trinajstić information content (AvgIpc) is 2.92. The highest BCUT2D eigenvalue weighted by Crippen LogP contribution is 2.37. The first-order chi connectivity index (χ1) is 20.4. The Morgan fingerprint density at radius 3 is 1.95 bits per heavy atom. The number of likely N-dealkylation sites (N-methyl/N-ethyl adjacent to an activating group) is 2. The summed E-state index contributed by atoms with van der Waals surface area (Å²) in [6, 6.07) is 7.66. The first kappa shape index (κ1) is 36.7. The minimum atomic E-state index is -5.01. The Bertz CT molecular complexity index is 1350. The molecule has 1 N–H and O–H groups in total. The number of aliphatic hydroxyl groups is 1. The Labute approximate surface area is 256 Å². The number of hydrogen-bond donors (Lipinski definition) is 1. The summed E-state index contributed by atoms with van der Waals surface area (Å²) >= 11 is 6.32. The van der Waals surface area contributed by atoms with Crippen LogP contribution in [0.2, 0.25) is 5.02 Å². The summed E-state index contributed by atoms with van der Waals surface area (Å²) in [7, 11) is 8.79. The quantitative estimate of drug-likeness (QED) is 0.287. The molecule has 8 nitrogen and oxygen atoms in total. The maximum absolute atomic E-state index is 13.3. The van der Waals surface area contributed by atoms with E-state index in [2.05, 4.69) is 9.97 Å². The van der Waals surface area contributed by atoms with Crippen molar-refractivity contribution < 1.29 is 41.0 Å². The number of carbonyl (C=O) groups excluding carboxylic acids is 1. The standard InChI is InChI=1S/C25H23ClF6N4O2.C4H11NO/c1-35(2)8-9-38-23-33-13-19(21(34-23)18-6-4-5-7-20(18)26)22(37)36(3)14-15-10-16(24(27,28)29)12-17(11-15)25(30,31)32;1-5(2)3-4-6/h4-7,10-13H,8-9,14H2,1-3H3;6H,3-4H2,1-2H3. The highest BCUT2D eigenvalue weighted by molar-refractivity contribution is 6.33. The number of nitrogens with zero attached hydrogens (tertiary/aromatic N) is 5. The fourth-order valence-electron chi connectivity index (χ4n) is 3.63. The fraction of sp³-hybridized carbons (Fsp3) is 0.414. The van der Waals surface area contributed by atoms with Gasteiger partial charge in [-0.2, -0.15) is 31.3 Å². The zero-order valence-electron chi connectivity index (χ0n) is 24.8. The van der Waals surface area contributed by atoms with Crippen molar-refractivity contribution in [2.75, 3.05) is 61.5 Å². The second-order valence-electron chi connectivity index (χ2n) is 10.1. The van der Waals surface area contributed by atoms with Gasteiger partial charge in [0.2, 0.25) is 0 Å². The Balaban J connectivity index is 0.00000102. The molecule has 242 valence electrons. The third-order valence-electron chi connectivity index (χ3n) is 5.86. The second-order valence-corrected chi connectivity index (χ2v) is 10.6. The van der Waals surface area contributed by atoms with Crippen LogP contribution in [0, 0.1) is 0 Å². The van der Waals surface area contributed by atoms with Gasteiger partial charge in [-0.25, -0.2) is 4.98 Å². The van der Waals surface area contributed by atoms with Gasteiger partial charge < -0.3 is 24.5 Å². The van der Waals surface area contributed by atoms with Crippen LogP contribution in [-0.2, 0) is 18.9 Å². The molecule has 2 aromatic carbocycles. The monoisotopic (exact) mass is 649 g/mol. The highest BCUT2D eigenvalue weighted by atomic mass is 35.5. The van der Waals surface area contributed by atoms with Crippen molar-refractivity contribution in [3.8, 4) is 17.3 Å². The van der Waals surface area contributed by atoms with E-state index in [-0.39, 0.29) is 47.1 Å². The van der Waals surface area contributed by atoms with Crippen molar-refractivity contribution in [1.29, 1.82) is 0 Å². The summed E-state index contributed by atoms with van der Waals surface area (Å²) in [5.74, 6) is -0.745. The molecule has 0 aliphatic carbocycles. The molecule has 3 rings (SSSR count). The first-order valence-corrected chi connectivity index (χ1v) is 13.5. The number of rotatable bonds is 10. The van der Waals surface area contributed by atoms with Crippen LogP contribution in [0.5, 0.6) is 6.01 Å². The summed E-state index contributed by atoms with van der Waals surface area (Å²) in [6.07, 6.45) is -8.83. The van der Waals surface area contributed by atoms with Gasteiger partial charge in [0, 0.05) is 43.5 Å². The maximum atomic E-state index is 13.3. The number of aromatic nitrogens is 2. The van der Waals surface area contributed by atoms with Gasteiger partial charge in [0.25, 0.3) is 5.91 Å². The van der Waals surface area contributed by atoms with E-state index in [9.17, 15) is 31.1 Å². The van der Waals surface area contributed by atoms with Crippen LogP contribution in [-0.4, -0.2) is 97.2 Å². The number of ether oxygens (including phenoxy) is 1. The van der Waals surface area contributed by atoms with Gasteiger partial charge in [0.15, 0.2) is 0 Å². The van der Waals surface area contributed by atoms with Gasteiger partial charge in [-0.15, -0.1) is 0 Å². The molecule has 0 unspecified atom stereocenters. The molecular formula is C29H34ClF6N5O3. The van der Waals surface area contributed by atoms with Gasteiger partial charge in [-0.05, 0) is 58.0 Å². The zero-order valence-corrected chi connectivity index (χ0v) is 25.6. The molecule has 0 saturated carbocycles. The van der Waals surface area contributed by atoms with Crippen molar-refractivity contribution in [1.82, 2.24) is 24.7 Å². The molecule has 0 aliphatic heterocycles. The topological polar surface area (TPSA) is 82.0 Å². The predicted octanol–water partition coefficient (Wildman–Crippen LogP) is 5.59. The molecule has 1 heterocycles. The lowest BCUT2D eigenvalue weighted by Gasteiger charge is -2.21. The number of halogens is 7. The molecule has 0 fully saturated rings. The number of aliphatic hydroxyl groups excluding tert-OH is 1. The largest absolute Gasteiger partial charge is 0.462 e. The third kappa shape index (κ3) is 11.2. The van der Waals surface area contributed by atoms with Crippen molar-refractivity contribution in [2.45, 2.75) is 18.9 Å². The number of carbonyl (C=O) groups is 1. The first-order valence-electron chi connectivity index (χ1n) is 13.1. The number of alkyl halides is 6. The second kappa shape index (κ2) is 16.0. The lowest BCUT2D eigenvalue weighted by molar-refractivity contribution is -0.143. The van der Waals surface area contributed by atoms with Crippen LogP contribution in [0.4, 0.5) is 26.3 Å². The van der Waals surface area contributed by atoms with E-state index < -0.39 is 35.9 Å². The fourth-order valence-corrected chi connectivity index (χ4v) is 3.86. The third-order valence-corrected chi connectivity index (χ3v) is 6.19. The minimum absolute atomic E-state index is 0.0314. The van der Waals surface area contributed by atoms with Crippen LogP contribution in [0.1, 0.15) is 27.0 Å². The van der Waals surface area contributed by atoms with Gasteiger partial charge in [-0.1, -0.05) is 29.8 Å². The van der Waals surface area contributed by atoms with Gasteiger partial charge in [-0.3, -0.25) is 4.79 Å². The number of amides is 1. The molecule has 1 amide bonds. The van der Waals surface area contributed by atoms with Crippen molar-refractivity contribution >= 4 is 17.5 Å². The van der Waals surface area contributed by atoms with E-state index >= 15 is 0 Å². The zero-order chi connectivity index (χ0) is 33.2. The molecule has 0 saturated heterocycles. The predicted molar refractivity (Wildman–Crippen MR) is 154 cm³/mol. The SMILES string of the molecule is CN(C)CCO.CN(C)CCOc1ncc(C(=O)N(C)Cc2cc(C(F)(F)F)cc(C(F)(F)F)c2)c(-c2ccccc2Cl)n1. The summed E-state index contributed by atoms with van der Waals surface area (Å²) in [4.78, 5) is 26.5. The maximum Gasteiger partial charge on any atom is 0.416 e. The van der Waals surface area contributed by atoms with E-state index in [0.29, 0.717) is 24.2 Å². The molecule has 0 bridgehead atoms. The van der Waals surface area contributed by atoms with Gasteiger partial charge in [0.1, 0.15) is 6.61 Å². The summed E-state index contributed by atoms with van der Waals surface area (Å²) in [5.41, 5.74) is -2.90. The van der Waals surface area contributed by atoms with Gasteiger partial charge in [0.05, 0.1) is 29.0 Å². The van der Waals surface area contributed by atoms with E-state index in [1.807, 2.05) is 38.0 Å². The lowest BCUT2D eigenvalue weighted by atomic mass is 10.0. The molecule has 1 aromatic heterocycles. The van der Waals surface area contributed by atoms with Crippen molar-refractivity contribution in [2.24, 2.45) is 0 Å². The molecular weight excluding hydrogens is 616 g/mol. The van der Waals surface area contributed by atoms with Crippen LogP contribution < -0.4 is 4.74 Å². The van der Waals surface area contributed by atoms with E-state index in [1.165, 1.54) is 13.2 Å². The summed E-state index contributed by atoms with van der Waals surface area (Å²) < 4.78 is 85.1. The van der Waals surface area contributed by atoms with Gasteiger partial charge >= 0.3 is 18.4 Å². The van der Waals surface area contributed by atoms with Crippen molar-refractivity contribution in [3.05, 3.63) is 75.9 Å². The number of benzene rings is 2. The Kier molecular flexibility index (Phi) is 13.4. The Morgan fingerprint density at radius 1 is 0.909 bits per heavy atom. The number of hydrogen-bond acceptors (Lipinski definition) is 7. The van der Waals surface area contributed by atoms with Crippen LogP contribution in [0.15, 0.2) is 48.7 Å². The smallest absolute Gasteiger partial charge is 0.416 e. The van der Waals surface area contributed by atoms with E-state index in [0.717, 1.165) is 11.4 Å². The molecule has 3 aromatic rings. The molecule has 0 aliphatic rings. The van der Waals surface area contributed by atoms with E-state index in [1.54, 1.807) is 24.3 Å². The highest BCUT2D eigenvalue weighted by Gasteiger charge is 2.37. The Morgan fingerprint density at radius 2 is 1.48 bits per heavy atom. The van der Waals surface area contributed by atoms with E-state index in [4.69, 9.17) is 21.4 Å². The molecule has 0 atom stereocenters. The van der Waals surface area contributed by atoms with Crippen molar-refractivity contribution in [3.63, 3.8) is 0 Å². The molecule has 15 heteroatoms. The summed E-state index contributed by atoms with van der Waals surface area (Å²) in [5, 5.41) is 8.45. The Hall–Kier alpha value is -3.46. The van der Waals surface area contributed by atoms with Crippen LogP contribution >= 0.6 is 11.6 Å². The van der Waals surface area contributed by atoms with Crippen LogP contribution in [0.3, 0.4) is 0 Å². The molecule has 44 heavy (non-hydrogen) atoms. The molecule has 0 spiro atoms.